The number of pyridine rings is 1. The van der Waals surface area contributed by atoms with Crippen molar-refractivity contribution in [3.8, 4) is 0 Å². The Kier molecular flexibility index (Phi) is 4.29. The maximum absolute atomic E-state index is 12.2. The van der Waals surface area contributed by atoms with Crippen molar-refractivity contribution in [1.82, 2.24) is 14.8 Å². The topological polar surface area (TPSA) is 59.8 Å². The Morgan fingerprint density at radius 2 is 2.00 bits per heavy atom. The number of anilines is 1. The van der Waals surface area contributed by atoms with Gasteiger partial charge in [-0.2, -0.15) is 5.10 Å². The molecule has 2 aromatic heterocycles. The molecule has 110 valence electrons. The van der Waals surface area contributed by atoms with Gasteiger partial charge in [-0.3, -0.25) is 9.48 Å². The predicted molar refractivity (Wildman–Crippen MR) is 87.7 cm³/mol. The molecule has 0 bridgehead atoms. The number of amides is 1. The van der Waals surface area contributed by atoms with E-state index in [1.165, 1.54) is 0 Å². The Morgan fingerprint density at radius 3 is 2.77 bits per heavy atom. The van der Waals surface area contributed by atoms with Gasteiger partial charge in [0.2, 0.25) is 0 Å². The number of nitrogens with one attached hydrogen (secondary N) is 1. The quantitative estimate of drug-likeness (QED) is 0.729. The van der Waals surface area contributed by atoms with Crippen molar-refractivity contribution in [2.24, 2.45) is 0 Å². The summed E-state index contributed by atoms with van der Waals surface area (Å²) in [5, 5.41) is 7.07. The van der Waals surface area contributed by atoms with Crippen LogP contribution < -0.4 is 5.32 Å². The first-order chi connectivity index (χ1) is 10.7. The van der Waals surface area contributed by atoms with E-state index in [2.05, 4.69) is 31.3 Å². The molecule has 2 heterocycles. The molecular weight excluding hydrogens is 344 g/mol. The van der Waals surface area contributed by atoms with Crippen LogP contribution in [-0.4, -0.2) is 20.7 Å². The van der Waals surface area contributed by atoms with Crippen LogP contribution in [0.2, 0.25) is 0 Å². The van der Waals surface area contributed by atoms with Gasteiger partial charge in [-0.25, -0.2) is 4.98 Å². The lowest BCUT2D eigenvalue weighted by Gasteiger charge is -2.04. The van der Waals surface area contributed by atoms with Gasteiger partial charge in [-0.15, -0.1) is 0 Å². The van der Waals surface area contributed by atoms with Crippen molar-refractivity contribution in [3.63, 3.8) is 0 Å². The number of halogens is 1. The molecule has 3 rings (SSSR count). The van der Waals surface area contributed by atoms with Crippen LogP contribution in [0.4, 0.5) is 5.69 Å². The van der Waals surface area contributed by atoms with Crippen LogP contribution in [0.3, 0.4) is 0 Å². The summed E-state index contributed by atoms with van der Waals surface area (Å²) in [7, 11) is 0. The molecule has 1 amide bonds. The third-order valence-corrected chi connectivity index (χ3v) is 3.71. The lowest BCUT2D eigenvalue weighted by atomic mass is 10.2. The first-order valence-electron chi connectivity index (χ1n) is 6.70. The van der Waals surface area contributed by atoms with Gasteiger partial charge in [0, 0.05) is 12.4 Å². The molecule has 0 fully saturated rings. The molecule has 3 aromatic rings. The molecule has 1 N–H and O–H groups in total. The number of rotatable bonds is 4. The summed E-state index contributed by atoms with van der Waals surface area (Å²) in [6.07, 6.45) is 5.05. The van der Waals surface area contributed by atoms with Crippen LogP contribution in [-0.2, 0) is 6.54 Å². The maximum atomic E-state index is 12.2. The molecule has 0 radical (unpaired) electrons. The zero-order valence-electron chi connectivity index (χ0n) is 11.6. The van der Waals surface area contributed by atoms with Crippen LogP contribution >= 0.6 is 15.9 Å². The van der Waals surface area contributed by atoms with Gasteiger partial charge in [-0.05, 0) is 33.6 Å². The smallest absolute Gasteiger partial charge is 0.258 e. The van der Waals surface area contributed by atoms with E-state index >= 15 is 0 Å². The third-order valence-electron chi connectivity index (χ3n) is 3.08. The number of carbonyl (C=O) groups is 1. The second-order valence-electron chi connectivity index (χ2n) is 4.71. The SMILES string of the molecule is O=C(Nc1cnn(Cc2ccccc2)c1)c1cccnc1Br. The predicted octanol–water partition coefficient (Wildman–Crippen LogP) is 3.34. The van der Waals surface area contributed by atoms with E-state index in [-0.39, 0.29) is 5.91 Å². The molecule has 0 aliphatic heterocycles. The molecule has 0 aliphatic rings. The average Bonchev–Trinajstić information content (AvgIpc) is 2.95. The fraction of sp³-hybridized carbons (Fsp3) is 0.0625. The second kappa shape index (κ2) is 6.53. The Morgan fingerprint density at radius 1 is 1.18 bits per heavy atom. The summed E-state index contributed by atoms with van der Waals surface area (Å²) in [6, 6.07) is 13.4. The van der Waals surface area contributed by atoms with Crippen LogP contribution in [0.25, 0.3) is 0 Å². The highest BCUT2D eigenvalue weighted by Crippen LogP contribution is 2.15. The van der Waals surface area contributed by atoms with E-state index in [0.29, 0.717) is 22.4 Å². The van der Waals surface area contributed by atoms with Gasteiger partial charge >= 0.3 is 0 Å². The zero-order chi connectivity index (χ0) is 15.4. The first-order valence-corrected chi connectivity index (χ1v) is 7.50. The lowest BCUT2D eigenvalue weighted by molar-refractivity contribution is 0.102. The van der Waals surface area contributed by atoms with Crippen molar-refractivity contribution in [3.05, 3.63) is 76.8 Å². The minimum atomic E-state index is -0.223. The van der Waals surface area contributed by atoms with E-state index in [1.54, 1.807) is 35.4 Å². The zero-order valence-corrected chi connectivity index (χ0v) is 13.2. The van der Waals surface area contributed by atoms with Gasteiger partial charge in [-0.1, -0.05) is 30.3 Å². The molecule has 0 saturated carbocycles. The van der Waals surface area contributed by atoms with E-state index in [9.17, 15) is 4.79 Å². The van der Waals surface area contributed by atoms with Crippen LogP contribution in [0, 0.1) is 0 Å². The van der Waals surface area contributed by atoms with Gasteiger partial charge in [0.25, 0.3) is 5.91 Å². The summed E-state index contributed by atoms with van der Waals surface area (Å²) < 4.78 is 2.30. The Labute approximate surface area is 136 Å². The van der Waals surface area contributed by atoms with Gasteiger partial charge in [0.1, 0.15) is 4.60 Å². The highest BCUT2D eigenvalue weighted by atomic mass is 79.9. The number of hydrogen-bond acceptors (Lipinski definition) is 3. The summed E-state index contributed by atoms with van der Waals surface area (Å²) in [4.78, 5) is 16.2. The summed E-state index contributed by atoms with van der Waals surface area (Å²) in [6.45, 7) is 0.660. The highest BCUT2D eigenvalue weighted by molar-refractivity contribution is 9.10. The Balaban J connectivity index is 1.69. The van der Waals surface area contributed by atoms with Gasteiger partial charge in [0.15, 0.2) is 0 Å². The van der Waals surface area contributed by atoms with Crippen LogP contribution in [0.15, 0.2) is 65.7 Å². The Bertz CT molecular complexity index is 786. The number of aromatic nitrogens is 3. The molecule has 0 atom stereocenters. The van der Waals surface area contributed by atoms with E-state index in [0.717, 1.165) is 5.56 Å². The molecule has 22 heavy (non-hydrogen) atoms. The Hall–Kier alpha value is -2.47. The minimum absolute atomic E-state index is 0.223. The first kappa shape index (κ1) is 14.5. The van der Waals surface area contributed by atoms with Crippen molar-refractivity contribution in [1.29, 1.82) is 0 Å². The van der Waals surface area contributed by atoms with E-state index in [1.807, 2.05) is 30.3 Å². The minimum Gasteiger partial charge on any atom is -0.319 e. The summed E-state index contributed by atoms with van der Waals surface area (Å²) in [5.74, 6) is -0.223. The van der Waals surface area contributed by atoms with E-state index < -0.39 is 0 Å². The number of carbonyl (C=O) groups excluding carboxylic acids is 1. The van der Waals surface area contributed by atoms with Crippen molar-refractivity contribution in [2.75, 3.05) is 5.32 Å². The van der Waals surface area contributed by atoms with Crippen LogP contribution in [0.5, 0.6) is 0 Å². The van der Waals surface area contributed by atoms with Gasteiger partial charge in [0.05, 0.1) is 24.0 Å². The summed E-state index contributed by atoms with van der Waals surface area (Å²) >= 11 is 3.27. The maximum Gasteiger partial charge on any atom is 0.258 e. The normalized spacial score (nSPS) is 10.4. The molecular formula is C16H13BrN4O. The molecule has 0 spiro atoms. The molecule has 1 aromatic carbocycles. The monoisotopic (exact) mass is 356 g/mol. The van der Waals surface area contributed by atoms with Crippen molar-refractivity contribution >= 4 is 27.5 Å². The van der Waals surface area contributed by atoms with Gasteiger partial charge < -0.3 is 5.32 Å². The number of hydrogen-bond donors (Lipinski definition) is 1. The number of nitrogens with zero attached hydrogens (tertiary/aromatic N) is 3. The number of benzene rings is 1. The largest absolute Gasteiger partial charge is 0.319 e. The van der Waals surface area contributed by atoms with Crippen molar-refractivity contribution in [2.45, 2.75) is 6.54 Å². The fourth-order valence-corrected chi connectivity index (χ4v) is 2.47. The highest BCUT2D eigenvalue weighted by Gasteiger charge is 2.11. The standard InChI is InChI=1S/C16H13BrN4O/c17-15-14(7-4-8-18-15)16(22)20-13-9-19-21(11-13)10-12-5-2-1-3-6-12/h1-9,11H,10H2,(H,20,22). The third kappa shape index (κ3) is 3.40. The van der Waals surface area contributed by atoms with Crippen molar-refractivity contribution < 1.29 is 4.79 Å². The molecule has 0 saturated heterocycles. The van der Waals surface area contributed by atoms with Crippen LogP contribution in [0.1, 0.15) is 15.9 Å². The van der Waals surface area contributed by atoms with E-state index in [4.69, 9.17) is 0 Å². The average molecular weight is 357 g/mol. The summed E-state index contributed by atoms with van der Waals surface area (Å²) in [5.41, 5.74) is 2.29. The second-order valence-corrected chi connectivity index (χ2v) is 5.46. The fourth-order valence-electron chi connectivity index (χ4n) is 2.04. The molecule has 0 unspecified atom stereocenters. The molecule has 5 nitrogen and oxygen atoms in total. The molecule has 6 heteroatoms. The molecule has 0 aliphatic carbocycles. The lowest BCUT2D eigenvalue weighted by Crippen LogP contribution is -2.12.